The fourth-order valence-electron chi connectivity index (χ4n) is 1.93. The summed E-state index contributed by atoms with van der Waals surface area (Å²) < 4.78 is 13.0. The van der Waals surface area contributed by atoms with E-state index in [-0.39, 0.29) is 17.1 Å². The minimum absolute atomic E-state index is 0.0133. The van der Waals surface area contributed by atoms with E-state index in [2.05, 4.69) is 10.6 Å². The van der Waals surface area contributed by atoms with Gasteiger partial charge < -0.3 is 10.6 Å². The summed E-state index contributed by atoms with van der Waals surface area (Å²) >= 11 is 0. The first-order valence-electron chi connectivity index (χ1n) is 5.05. The second-order valence-corrected chi connectivity index (χ2v) is 4.28. The number of hydrogen-bond donors (Lipinski definition) is 2. The summed E-state index contributed by atoms with van der Waals surface area (Å²) in [6, 6.07) is 4.40. The lowest BCUT2D eigenvalue weighted by Gasteiger charge is -2.08. The average Bonchev–Trinajstić information content (AvgIpc) is 2.98. The molecular weight excluding hydrogens is 195 g/mol. The second kappa shape index (κ2) is 2.72. The number of amides is 1. The average molecular weight is 206 g/mol. The first-order valence-corrected chi connectivity index (χ1v) is 5.05. The molecule has 1 fully saturated rings. The predicted octanol–water partition coefficient (Wildman–Crippen LogP) is 1.97. The molecular formula is C11H11FN2O. The van der Waals surface area contributed by atoms with E-state index >= 15 is 0 Å². The number of carbonyl (C=O) groups excluding carboxylic acids is 1. The molecule has 1 aromatic carbocycles. The van der Waals surface area contributed by atoms with Gasteiger partial charge in [-0.25, -0.2) is 4.39 Å². The zero-order valence-corrected chi connectivity index (χ0v) is 8.14. The molecule has 0 atom stereocenters. The molecule has 0 saturated heterocycles. The fourth-order valence-corrected chi connectivity index (χ4v) is 1.93. The normalized spacial score (nSPS) is 21.3. The number of fused-ring (bicyclic) bond motifs is 1. The van der Waals surface area contributed by atoms with Crippen molar-refractivity contribution in [1.82, 2.24) is 0 Å². The van der Waals surface area contributed by atoms with Gasteiger partial charge in [0.25, 0.3) is 0 Å². The highest BCUT2D eigenvalue weighted by Crippen LogP contribution is 2.48. The minimum Gasteiger partial charge on any atom is -0.382 e. The maximum atomic E-state index is 13.0. The lowest BCUT2D eigenvalue weighted by molar-refractivity contribution is -0.120. The quantitative estimate of drug-likeness (QED) is 0.681. The van der Waals surface area contributed by atoms with Crippen molar-refractivity contribution in [3.8, 4) is 0 Å². The first kappa shape index (κ1) is 8.71. The number of halogens is 1. The largest absolute Gasteiger partial charge is 0.382 e. The standard InChI is InChI=1S/C11H11FN2O/c12-7-1-2-8-9(5-7)14-10(15)11(3-4-11)6-13-8/h1-2,5,13H,3-4,6H2,(H,14,15). The van der Waals surface area contributed by atoms with Crippen LogP contribution in [0.3, 0.4) is 0 Å². The topological polar surface area (TPSA) is 41.1 Å². The van der Waals surface area contributed by atoms with E-state index in [1.54, 1.807) is 6.07 Å². The molecule has 78 valence electrons. The van der Waals surface area contributed by atoms with Crippen LogP contribution in [-0.2, 0) is 4.79 Å². The fraction of sp³-hybridized carbons (Fsp3) is 0.364. The van der Waals surface area contributed by atoms with Crippen molar-refractivity contribution in [2.45, 2.75) is 12.8 Å². The maximum Gasteiger partial charge on any atom is 0.232 e. The van der Waals surface area contributed by atoms with E-state index in [0.29, 0.717) is 12.2 Å². The molecule has 1 saturated carbocycles. The molecule has 2 aliphatic rings. The number of carbonyl (C=O) groups is 1. The Labute approximate surface area is 86.7 Å². The molecule has 1 aromatic rings. The Morgan fingerprint density at radius 3 is 2.80 bits per heavy atom. The van der Waals surface area contributed by atoms with Crippen LogP contribution in [-0.4, -0.2) is 12.5 Å². The molecule has 1 aliphatic heterocycles. The molecule has 1 amide bonds. The van der Waals surface area contributed by atoms with Crippen molar-refractivity contribution in [3.63, 3.8) is 0 Å². The van der Waals surface area contributed by atoms with Gasteiger partial charge in [-0.15, -0.1) is 0 Å². The van der Waals surface area contributed by atoms with Crippen molar-refractivity contribution in [2.24, 2.45) is 5.41 Å². The summed E-state index contributed by atoms with van der Waals surface area (Å²) in [6.45, 7) is 0.650. The summed E-state index contributed by atoms with van der Waals surface area (Å²) in [4.78, 5) is 11.8. The number of anilines is 2. The monoisotopic (exact) mass is 206 g/mol. The van der Waals surface area contributed by atoms with E-state index < -0.39 is 0 Å². The number of hydrogen-bond acceptors (Lipinski definition) is 2. The Morgan fingerprint density at radius 1 is 1.27 bits per heavy atom. The van der Waals surface area contributed by atoms with Gasteiger partial charge in [-0.05, 0) is 31.0 Å². The van der Waals surface area contributed by atoms with E-state index in [0.717, 1.165) is 18.5 Å². The van der Waals surface area contributed by atoms with Crippen molar-refractivity contribution in [1.29, 1.82) is 0 Å². The van der Waals surface area contributed by atoms with Gasteiger partial charge in [0, 0.05) is 6.54 Å². The van der Waals surface area contributed by atoms with Gasteiger partial charge >= 0.3 is 0 Å². The molecule has 0 unspecified atom stereocenters. The predicted molar refractivity (Wildman–Crippen MR) is 55.2 cm³/mol. The van der Waals surface area contributed by atoms with Crippen molar-refractivity contribution >= 4 is 17.3 Å². The zero-order chi connectivity index (χ0) is 10.5. The SMILES string of the molecule is O=C1Nc2cc(F)ccc2NCC12CC2. The third-order valence-corrected chi connectivity index (χ3v) is 3.18. The highest BCUT2D eigenvalue weighted by Gasteiger charge is 2.50. The van der Waals surface area contributed by atoms with Crippen LogP contribution in [0.5, 0.6) is 0 Å². The van der Waals surface area contributed by atoms with Crippen LogP contribution in [0.25, 0.3) is 0 Å². The number of rotatable bonds is 0. The summed E-state index contributed by atoms with van der Waals surface area (Å²) in [5.74, 6) is -0.318. The smallest absolute Gasteiger partial charge is 0.232 e. The summed E-state index contributed by atoms with van der Waals surface area (Å²) in [5.41, 5.74) is 1.10. The molecule has 1 spiro atoms. The van der Waals surface area contributed by atoms with E-state index in [4.69, 9.17) is 0 Å². The van der Waals surface area contributed by atoms with Crippen LogP contribution >= 0.6 is 0 Å². The maximum absolute atomic E-state index is 13.0. The Hall–Kier alpha value is -1.58. The highest BCUT2D eigenvalue weighted by molar-refractivity contribution is 6.01. The molecule has 0 aromatic heterocycles. The van der Waals surface area contributed by atoms with Crippen molar-refractivity contribution in [2.75, 3.05) is 17.2 Å². The minimum atomic E-state index is -0.331. The molecule has 0 radical (unpaired) electrons. The van der Waals surface area contributed by atoms with Crippen LogP contribution in [0, 0.1) is 11.2 Å². The van der Waals surface area contributed by atoms with Gasteiger partial charge in [-0.2, -0.15) is 0 Å². The van der Waals surface area contributed by atoms with Crippen LogP contribution in [0.4, 0.5) is 15.8 Å². The van der Waals surface area contributed by atoms with Gasteiger partial charge in [0.2, 0.25) is 5.91 Å². The number of nitrogens with one attached hydrogen (secondary N) is 2. The van der Waals surface area contributed by atoms with Crippen molar-refractivity contribution < 1.29 is 9.18 Å². The zero-order valence-electron chi connectivity index (χ0n) is 8.14. The van der Waals surface area contributed by atoms with Gasteiger partial charge in [0.1, 0.15) is 5.82 Å². The first-order chi connectivity index (χ1) is 7.20. The third-order valence-electron chi connectivity index (χ3n) is 3.18. The molecule has 1 aliphatic carbocycles. The number of benzene rings is 1. The molecule has 4 heteroatoms. The van der Waals surface area contributed by atoms with E-state index in [1.807, 2.05) is 0 Å². The lowest BCUT2D eigenvalue weighted by atomic mass is 10.1. The van der Waals surface area contributed by atoms with Gasteiger partial charge in [-0.3, -0.25) is 4.79 Å². The van der Waals surface area contributed by atoms with Crippen LogP contribution in [0.1, 0.15) is 12.8 Å². The molecule has 3 rings (SSSR count). The van der Waals surface area contributed by atoms with Gasteiger partial charge in [0.05, 0.1) is 16.8 Å². The Morgan fingerprint density at radius 2 is 2.07 bits per heavy atom. The Kier molecular flexibility index (Phi) is 1.58. The van der Waals surface area contributed by atoms with Crippen LogP contribution < -0.4 is 10.6 Å². The summed E-state index contributed by atoms with van der Waals surface area (Å²) in [6.07, 6.45) is 1.84. The van der Waals surface area contributed by atoms with E-state index in [9.17, 15) is 9.18 Å². The van der Waals surface area contributed by atoms with Gasteiger partial charge in [0.15, 0.2) is 0 Å². The van der Waals surface area contributed by atoms with E-state index in [1.165, 1.54) is 12.1 Å². The molecule has 15 heavy (non-hydrogen) atoms. The Balaban J connectivity index is 2.00. The highest BCUT2D eigenvalue weighted by atomic mass is 19.1. The molecule has 1 heterocycles. The lowest BCUT2D eigenvalue weighted by Crippen LogP contribution is -2.27. The van der Waals surface area contributed by atoms with Crippen LogP contribution in [0.15, 0.2) is 18.2 Å². The molecule has 2 N–H and O–H groups in total. The van der Waals surface area contributed by atoms with Crippen LogP contribution in [0.2, 0.25) is 0 Å². The second-order valence-electron chi connectivity index (χ2n) is 4.28. The molecule has 3 nitrogen and oxygen atoms in total. The summed E-state index contributed by atoms with van der Waals surface area (Å²) in [5, 5.41) is 5.96. The third kappa shape index (κ3) is 1.28. The summed E-state index contributed by atoms with van der Waals surface area (Å²) in [7, 11) is 0. The van der Waals surface area contributed by atoms with Gasteiger partial charge in [-0.1, -0.05) is 0 Å². The van der Waals surface area contributed by atoms with Crippen molar-refractivity contribution in [3.05, 3.63) is 24.0 Å². The Bertz CT molecular complexity index is 440. The molecule has 0 bridgehead atoms.